The van der Waals surface area contributed by atoms with Gasteiger partial charge in [-0.2, -0.15) is 0 Å². The summed E-state index contributed by atoms with van der Waals surface area (Å²) in [6.07, 6.45) is 1.74. The Morgan fingerprint density at radius 2 is 1.43 bits per heavy atom. The van der Waals surface area contributed by atoms with Crippen LogP contribution in [0.4, 0.5) is 0 Å². The van der Waals surface area contributed by atoms with E-state index in [4.69, 9.17) is 22.3 Å². The maximum Gasteiger partial charge on any atom is 0.303 e. The van der Waals surface area contributed by atoms with Crippen LogP contribution in [0.3, 0.4) is 0 Å². The van der Waals surface area contributed by atoms with E-state index in [1.54, 1.807) is 5.48 Å². The second-order valence-electron chi connectivity index (χ2n) is 13.1. The van der Waals surface area contributed by atoms with Crippen molar-refractivity contribution in [2.75, 3.05) is 6.54 Å². The molecule has 0 aliphatic heterocycles. The molecule has 0 spiro atoms. The number of aliphatic imine (C=N–C) groups is 1. The van der Waals surface area contributed by atoms with E-state index < -0.39 is 72.4 Å². The third kappa shape index (κ3) is 11.9. The number of hydrogen-bond donors (Lipinski definition) is 9. The molecular formula is C38H46N8O8. The summed E-state index contributed by atoms with van der Waals surface area (Å²) < 4.78 is 0. The number of carboxylic acid groups (broad SMARTS) is 1. The highest BCUT2D eigenvalue weighted by Gasteiger charge is 2.32. The molecule has 12 N–H and O–H groups in total. The lowest BCUT2D eigenvalue weighted by molar-refractivity contribution is -0.138. The van der Waals surface area contributed by atoms with Gasteiger partial charge >= 0.3 is 5.97 Å². The molecule has 286 valence electrons. The zero-order valence-electron chi connectivity index (χ0n) is 29.6. The van der Waals surface area contributed by atoms with Gasteiger partial charge in [-0.25, -0.2) is 5.48 Å². The Kier molecular flexibility index (Phi) is 14.6. The number of guanidine groups is 1. The summed E-state index contributed by atoms with van der Waals surface area (Å²) in [6.45, 7) is 0.118. The maximum atomic E-state index is 14.1. The number of rotatable bonds is 20. The number of aliphatic carboxylic acids is 1. The minimum Gasteiger partial charge on any atom is -0.481 e. The van der Waals surface area contributed by atoms with Crippen LogP contribution < -0.4 is 38.6 Å². The van der Waals surface area contributed by atoms with Crippen molar-refractivity contribution in [1.29, 1.82) is 0 Å². The summed E-state index contributed by atoms with van der Waals surface area (Å²) in [5.74, 6) is -6.34. The summed E-state index contributed by atoms with van der Waals surface area (Å²) in [6, 6.07) is 16.9. The lowest BCUT2D eigenvalue weighted by Gasteiger charge is -2.26. The van der Waals surface area contributed by atoms with Crippen LogP contribution >= 0.6 is 0 Å². The van der Waals surface area contributed by atoms with Crippen molar-refractivity contribution >= 4 is 57.8 Å². The number of amides is 5. The summed E-state index contributed by atoms with van der Waals surface area (Å²) in [5, 5.41) is 28.3. The zero-order chi connectivity index (χ0) is 39.2. The van der Waals surface area contributed by atoms with E-state index in [-0.39, 0.29) is 44.6 Å². The number of nitrogens with zero attached hydrogens (tertiary/aromatic N) is 1. The first-order valence-electron chi connectivity index (χ1n) is 17.5. The topological polar surface area (TPSA) is 281 Å². The van der Waals surface area contributed by atoms with E-state index in [9.17, 15) is 34.0 Å². The number of allylic oxidation sites excluding steroid dienone is 1. The molecule has 16 heteroatoms. The van der Waals surface area contributed by atoms with Crippen LogP contribution in [0.15, 0.2) is 77.8 Å². The third-order valence-corrected chi connectivity index (χ3v) is 9.10. The third-order valence-electron chi connectivity index (χ3n) is 9.10. The Morgan fingerprint density at radius 3 is 2.13 bits per heavy atom. The average molecular weight is 743 g/mol. The number of fused-ring (bicyclic) bond motifs is 2. The Balaban J connectivity index is 1.60. The zero-order valence-corrected chi connectivity index (χ0v) is 29.6. The molecule has 3 aromatic rings. The van der Waals surface area contributed by atoms with E-state index in [2.05, 4.69) is 20.9 Å². The molecule has 0 saturated heterocycles. The molecule has 16 nitrogen and oxygen atoms in total. The standard InChI is InChI=1S/C38H46N8O8/c39-34(50)29(15-16-33(48)49)43-37(53)31(20-26-14-13-24-7-3-4-9-28(24)26)45-36(52)30(10-5-17-42-38(40)41)44-35(51)27(21-32(47)46-54)19-22-11-12-23-6-1-2-8-25(23)18-22/h1-4,6-9,11-12,14,18,27,29-31,54H,5,10,13,15-17,19-21H2,(H2,39,50)(H,43,53)(H,44,51)(H,45,52)(H,46,47)(H,48,49)(H4,40,41,42)/t27-,29?,30?,31+/m1/s1. The second kappa shape index (κ2) is 19.5. The van der Waals surface area contributed by atoms with Crippen molar-refractivity contribution in [2.45, 2.75) is 69.5 Å². The molecule has 5 amide bonds. The predicted molar refractivity (Wildman–Crippen MR) is 200 cm³/mol. The molecule has 4 atom stereocenters. The molecule has 4 rings (SSSR count). The van der Waals surface area contributed by atoms with Crippen LogP contribution in [0, 0.1) is 5.92 Å². The summed E-state index contributed by atoms with van der Waals surface area (Å²) in [5.41, 5.74) is 21.4. The van der Waals surface area contributed by atoms with E-state index in [1.165, 1.54) is 0 Å². The normalized spacial score (nSPS) is 14.0. The maximum absolute atomic E-state index is 14.1. The van der Waals surface area contributed by atoms with Gasteiger partial charge in [0, 0.05) is 25.8 Å². The lowest BCUT2D eigenvalue weighted by atomic mass is 9.93. The molecule has 0 saturated carbocycles. The molecule has 0 aromatic heterocycles. The Bertz CT molecular complexity index is 1930. The van der Waals surface area contributed by atoms with Gasteiger partial charge in [-0.3, -0.25) is 39.0 Å². The minimum absolute atomic E-state index is 0.00503. The number of carbonyl (C=O) groups is 6. The first kappa shape index (κ1) is 40.5. The van der Waals surface area contributed by atoms with E-state index >= 15 is 0 Å². The first-order valence-corrected chi connectivity index (χ1v) is 17.5. The molecule has 3 aromatic carbocycles. The summed E-state index contributed by atoms with van der Waals surface area (Å²) >= 11 is 0. The second-order valence-corrected chi connectivity index (χ2v) is 13.1. The number of nitrogens with one attached hydrogen (secondary N) is 4. The van der Waals surface area contributed by atoms with Crippen molar-refractivity contribution < 1.29 is 39.1 Å². The van der Waals surface area contributed by atoms with E-state index in [0.717, 1.165) is 33.0 Å². The van der Waals surface area contributed by atoms with Gasteiger partial charge in [0.2, 0.25) is 29.5 Å². The fourth-order valence-corrected chi connectivity index (χ4v) is 6.31. The van der Waals surface area contributed by atoms with Crippen LogP contribution in [0.25, 0.3) is 16.3 Å². The minimum atomic E-state index is -1.33. The highest BCUT2D eigenvalue weighted by atomic mass is 16.5. The summed E-state index contributed by atoms with van der Waals surface area (Å²) in [7, 11) is 0. The van der Waals surface area contributed by atoms with Crippen molar-refractivity contribution in [3.63, 3.8) is 0 Å². The number of hydrogen-bond acceptors (Lipinski definition) is 8. The number of benzene rings is 3. The van der Waals surface area contributed by atoms with Crippen LogP contribution in [0.1, 0.15) is 55.2 Å². The predicted octanol–water partition coefficient (Wildman–Crippen LogP) is 0.782. The molecule has 54 heavy (non-hydrogen) atoms. The van der Waals surface area contributed by atoms with Gasteiger partial charge in [-0.1, -0.05) is 72.8 Å². The average Bonchev–Trinajstić information content (AvgIpc) is 3.55. The Morgan fingerprint density at radius 1 is 0.759 bits per heavy atom. The molecule has 0 radical (unpaired) electrons. The summed E-state index contributed by atoms with van der Waals surface area (Å²) in [4.78, 5) is 81.4. The molecule has 1 aliphatic carbocycles. The van der Waals surface area contributed by atoms with Gasteiger partial charge in [0.1, 0.15) is 18.1 Å². The molecule has 1 aliphatic rings. The fourth-order valence-electron chi connectivity index (χ4n) is 6.31. The van der Waals surface area contributed by atoms with Gasteiger partial charge in [-0.05, 0) is 65.1 Å². The van der Waals surface area contributed by atoms with Crippen LogP contribution in [0.2, 0.25) is 0 Å². The Hall–Kier alpha value is -6.29. The molecular weight excluding hydrogens is 696 g/mol. The highest BCUT2D eigenvalue weighted by Crippen LogP contribution is 2.30. The molecule has 0 fully saturated rings. The Labute approximate surface area is 311 Å². The van der Waals surface area contributed by atoms with Gasteiger partial charge < -0.3 is 38.3 Å². The quantitative estimate of drug-likeness (QED) is 0.0258. The van der Waals surface area contributed by atoms with Gasteiger partial charge in [0.05, 0.1) is 5.92 Å². The number of nitrogens with two attached hydrogens (primary N) is 3. The number of carboxylic acids is 1. The van der Waals surface area contributed by atoms with E-state index in [0.29, 0.717) is 6.42 Å². The molecule has 0 bridgehead atoms. The number of primary amides is 1. The van der Waals surface area contributed by atoms with Crippen molar-refractivity contribution in [2.24, 2.45) is 28.1 Å². The molecule has 2 unspecified atom stereocenters. The van der Waals surface area contributed by atoms with Crippen molar-refractivity contribution in [1.82, 2.24) is 21.4 Å². The highest BCUT2D eigenvalue weighted by molar-refractivity contribution is 5.96. The van der Waals surface area contributed by atoms with Gasteiger partial charge in [-0.15, -0.1) is 0 Å². The SMILES string of the molecule is NC(=O)C(CCC(=O)O)NC(=O)[C@H](CC1=CCc2ccccc21)NC(=O)C(CCCN=C(N)N)NC(=O)[C@@H](CC(=O)NO)Cc1ccc2ccccc2c1. The van der Waals surface area contributed by atoms with Gasteiger partial charge in [0.25, 0.3) is 0 Å². The fraction of sp³-hybridized carbons (Fsp3) is 0.342. The van der Waals surface area contributed by atoms with Crippen molar-refractivity contribution in [3.05, 3.63) is 89.5 Å². The van der Waals surface area contributed by atoms with Crippen LogP contribution in [-0.2, 0) is 41.6 Å². The lowest BCUT2D eigenvalue weighted by Crippen LogP contribution is -2.57. The van der Waals surface area contributed by atoms with Crippen LogP contribution in [0.5, 0.6) is 0 Å². The van der Waals surface area contributed by atoms with Gasteiger partial charge in [0.15, 0.2) is 5.96 Å². The molecule has 0 heterocycles. The van der Waals surface area contributed by atoms with Crippen LogP contribution in [-0.4, -0.2) is 76.4 Å². The monoisotopic (exact) mass is 742 g/mol. The number of hydroxylamine groups is 1. The largest absolute Gasteiger partial charge is 0.481 e. The van der Waals surface area contributed by atoms with Crippen molar-refractivity contribution in [3.8, 4) is 0 Å². The first-order chi connectivity index (χ1) is 25.8. The smallest absolute Gasteiger partial charge is 0.303 e. The number of carbonyl (C=O) groups excluding carboxylic acids is 5. The van der Waals surface area contributed by atoms with E-state index in [1.807, 2.05) is 72.8 Å².